The van der Waals surface area contributed by atoms with Crippen LogP contribution in [0.15, 0.2) is 0 Å². The van der Waals surface area contributed by atoms with E-state index in [9.17, 15) is 44.4 Å². The zero-order valence-corrected chi connectivity index (χ0v) is 57.0. The van der Waals surface area contributed by atoms with Crippen molar-refractivity contribution in [2.45, 2.75) is 272 Å². The summed E-state index contributed by atoms with van der Waals surface area (Å²) in [5.74, 6) is 1.93. The van der Waals surface area contributed by atoms with Crippen molar-refractivity contribution < 1.29 is 68.1 Å². The summed E-state index contributed by atoms with van der Waals surface area (Å²) in [6.45, 7) is 25.9. The van der Waals surface area contributed by atoms with Crippen LogP contribution in [0.2, 0.25) is 0 Å². The van der Waals surface area contributed by atoms with Crippen LogP contribution in [0.25, 0.3) is 0 Å². The van der Waals surface area contributed by atoms with Gasteiger partial charge in [-0.2, -0.15) is 0 Å². The Balaban J connectivity index is 2.46. The first-order chi connectivity index (χ1) is 41.3. The molecule has 1 fully saturated rings. The lowest BCUT2D eigenvalue weighted by atomic mass is 10.0. The first kappa shape index (κ1) is 81.7. The van der Waals surface area contributed by atoms with Gasteiger partial charge in [0, 0.05) is 109 Å². The van der Waals surface area contributed by atoms with Crippen molar-refractivity contribution in [1.29, 1.82) is 0 Å². The summed E-state index contributed by atoms with van der Waals surface area (Å²) in [5.41, 5.74) is 0. The maximum Gasteiger partial charge on any atom is 0.306 e. The van der Waals surface area contributed by atoms with Gasteiger partial charge in [-0.1, -0.05) is 126 Å². The Bertz CT molecular complexity index is 1590. The van der Waals surface area contributed by atoms with E-state index in [1.807, 2.05) is 49.3 Å². The molecule has 4 unspecified atom stereocenters. The Hall–Kier alpha value is -2.27. The lowest BCUT2D eigenvalue weighted by Gasteiger charge is -2.34. The third kappa shape index (κ3) is 48.6. The van der Waals surface area contributed by atoms with Crippen molar-refractivity contribution in [1.82, 2.24) is 19.6 Å². The van der Waals surface area contributed by atoms with Crippen LogP contribution in [0.4, 0.5) is 0 Å². The van der Waals surface area contributed by atoms with E-state index in [2.05, 4.69) is 47.3 Å². The molecule has 1 aliphatic rings. The number of carbonyl (C=O) groups is 5. The molecule has 0 aromatic heterocycles. The first-order valence-corrected chi connectivity index (χ1v) is 36.6. The van der Waals surface area contributed by atoms with Crippen molar-refractivity contribution >= 4 is 51.4 Å². The third-order valence-corrected chi connectivity index (χ3v) is 18.5. The van der Waals surface area contributed by atoms with E-state index in [0.29, 0.717) is 148 Å². The Morgan fingerprint density at radius 1 is 0.407 bits per heavy atom. The minimum absolute atomic E-state index is 0.128. The predicted molar refractivity (Wildman–Crippen MR) is 349 cm³/mol. The van der Waals surface area contributed by atoms with Gasteiger partial charge in [-0.05, 0) is 123 Å². The number of aliphatic hydroxyl groups excluding tert-OH is 4. The standard InChI is InChI=1S/C66H126N4O14S2/c1-9-56(10-2)52-81-63(76)32-19-15-13-17-28-58(71)48-69(49-59(72)29-18-14-16-20-33-64(77)82-53-57(11-3)12-4)37-26-25-34-62(75)80-45-43-67-39-41-68(42-40-67)44-47-86-85-46-27-38-70(50-60(73)30-21-23-35-65(78)83-54(5)6)51-61(74)31-22-24-36-66(79)84-55(7)8/h54-61,71-74H,9-53H2,1-8H3. The molecule has 0 amide bonds. The summed E-state index contributed by atoms with van der Waals surface area (Å²) in [4.78, 5) is 70.2. The van der Waals surface area contributed by atoms with Gasteiger partial charge in [0.2, 0.25) is 0 Å². The Labute approximate surface area is 530 Å². The van der Waals surface area contributed by atoms with Crippen molar-refractivity contribution in [3.63, 3.8) is 0 Å². The predicted octanol–water partition coefficient (Wildman–Crippen LogP) is 10.8. The van der Waals surface area contributed by atoms with Gasteiger partial charge in [0.15, 0.2) is 0 Å². The molecule has 0 aromatic rings. The normalized spacial score (nSPS) is 14.8. The molecule has 4 N–H and O–H groups in total. The van der Waals surface area contributed by atoms with E-state index in [0.717, 1.165) is 154 Å². The molecule has 506 valence electrons. The smallest absolute Gasteiger partial charge is 0.306 e. The summed E-state index contributed by atoms with van der Waals surface area (Å²) in [7, 11) is 3.74. The fourth-order valence-corrected chi connectivity index (χ4v) is 12.6. The number of esters is 5. The molecule has 1 heterocycles. The zero-order chi connectivity index (χ0) is 63.6. The first-order valence-electron chi connectivity index (χ1n) is 34.1. The fourth-order valence-electron chi connectivity index (χ4n) is 10.5. The van der Waals surface area contributed by atoms with Gasteiger partial charge in [-0.3, -0.25) is 43.6 Å². The molecule has 1 saturated heterocycles. The maximum absolute atomic E-state index is 12.8. The molecule has 1 rings (SSSR count). The van der Waals surface area contributed by atoms with Crippen LogP contribution >= 0.6 is 21.6 Å². The van der Waals surface area contributed by atoms with Crippen molar-refractivity contribution in [3.05, 3.63) is 0 Å². The molecular formula is C66H126N4O14S2. The second kappa shape index (κ2) is 54.5. The average molecular weight is 1260 g/mol. The largest absolute Gasteiger partial charge is 0.465 e. The number of piperazine rings is 1. The highest BCUT2D eigenvalue weighted by Gasteiger charge is 2.21. The molecule has 0 radical (unpaired) electrons. The lowest BCUT2D eigenvalue weighted by Crippen LogP contribution is -2.47. The average Bonchev–Trinajstić information content (AvgIpc) is 3.60. The van der Waals surface area contributed by atoms with Crippen LogP contribution in [0.1, 0.15) is 235 Å². The molecule has 0 aromatic carbocycles. The fraction of sp³-hybridized carbons (Fsp3) is 0.924. The van der Waals surface area contributed by atoms with Crippen LogP contribution in [0.5, 0.6) is 0 Å². The molecular weight excluding hydrogens is 1140 g/mol. The Kier molecular flexibility index (Phi) is 51.8. The molecule has 1 aliphatic heterocycles. The number of nitrogens with zero attached hydrogens (tertiary/aromatic N) is 4. The molecule has 18 nitrogen and oxygen atoms in total. The SMILES string of the molecule is CCC(CC)COC(=O)CCCCCCC(O)CN(CCCCC(=O)OCCN1CCN(CCSSCCCN(CC(O)CCCCC(=O)OC(C)C)CC(O)CCCCC(=O)OC(C)C)CC1)CC(O)CCCCCCC(=O)OCC(CC)CC. The number of rotatable bonds is 58. The number of hydrogen-bond acceptors (Lipinski definition) is 20. The van der Waals surface area contributed by atoms with Crippen molar-refractivity contribution in [2.75, 3.05) is 110 Å². The molecule has 0 aliphatic carbocycles. The third-order valence-electron chi connectivity index (χ3n) is 16.1. The summed E-state index contributed by atoms with van der Waals surface area (Å²) < 4.78 is 27.1. The summed E-state index contributed by atoms with van der Waals surface area (Å²) in [6.07, 6.45) is 17.8. The number of carbonyl (C=O) groups excluding carboxylic acids is 5. The van der Waals surface area contributed by atoms with Crippen LogP contribution in [0.3, 0.4) is 0 Å². The van der Waals surface area contributed by atoms with Gasteiger partial charge >= 0.3 is 29.8 Å². The second-order valence-corrected chi connectivity index (χ2v) is 27.4. The number of unbranched alkanes of at least 4 members (excludes halogenated alkanes) is 9. The van der Waals surface area contributed by atoms with Crippen molar-refractivity contribution in [3.8, 4) is 0 Å². The van der Waals surface area contributed by atoms with E-state index < -0.39 is 24.4 Å². The monoisotopic (exact) mass is 1260 g/mol. The number of ether oxygens (including phenoxy) is 5. The zero-order valence-electron chi connectivity index (χ0n) is 55.4. The van der Waals surface area contributed by atoms with Crippen molar-refractivity contribution in [2.24, 2.45) is 11.8 Å². The molecule has 20 heteroatoms. The van der Waals surface area contributed by atoms with Crippen LogP contribution in [-0.2, 0) is 47.7 Å². The lowest BCUT2D eigenvalue weighted by molar-refractivity contribution is -0.148. The highest BCUT2D eigenvalue weighted by atomic mass is 33.1. The quantitative estimate of drug-likeness (QED) is 0.0192. The van der Waals surface area contributed by atoms with Gasteiger partial charge < -0.3 is 44.1 Å². The molecule has 0 saturated carbocycles. The summed E-state index contributed by atoms with van der Waals surface area (Å²) >= 11 is 0. The molecule has 86 heavy (non-hydrogen) atoms. The van der Waals surface area contributed by atoms with E-state index in [-0.39, 0.29) is 42.1 Å². The van der Waals surface area contributed by atoms with E-state index in [1.54, 1.807) is 0 Å². The van der Waals surface area contributed by atoms with Crippen LogP contribution in [-0.4, -0.2) is 216 Å². The topological polar surface area (TPSA) is 225 Å². The van der Waals surface area contributed by atoms with E-state index in [4.69, 9.17) is 23.7 Å². The summed E-state index contributed by atoms with van der Waals surface area (Å²) in [5, 5.41) is 44.0. The highest BCUT2D eigenvalue weighted by Crippen LogP contribution is 2.23. The molecule has 0 spiro atoms. The molecule has 4 atom stereocenters. The van der Waals surface area contributed by atoms with Crippen LogP contribution in [0, 0.1) is 11.8 Å². The van der Waals surface area contributed by atoms with Gasteiger partial charge in [0.05, 0.1) is 49.8 Å². The maximum atomic E-state index is 12.8. The van der Waals surface area contributed by atoms with E-state index >= 15 is 0 Å². The minimum atomic E-state index is -0.560. The van der Waals surface area contributed by atoms with Gasteiger partial charge in [0.25, 0.3) is 0 Å². The van der Waals surface area contributed by atoms with Crippen LogP contribution < -0.4 is 0 Å². The Morgan fingerprint density at radius 3 is 1.14 bits per heavy atom. The van der Waals surface area contributed by atoms with Gasteiger partial charge in [-0.15, -0.1) is 0 Å². The number of hydrogen-bond donors (Lipinski definition) is 4. The number of aliphatic hydroxyl groups is 4. The minimum Gasteiger partial charge on any atom is -0.465 e. The Morgan fingerprint density at radius 2 is 0.733 bits per heavy atom. The van der Waals surface area contributed by atoms with Gasteiger partial charge in [0.1, 0.15) is 6.61 Å². The van der Waals surface area contributed by atoms with E-state index in [1.165, 1.54) is 0 Å². The highest BCUT2D eigenvalue weighted by molar-refractivity contribution is 8.76. The molecule has 0 bridgehead atoms. The summed E-state index contributed by atoms with van der Waals surface area (Å²) in [6, 6.07) is 0. The second-order valence-electron chi connectivity index (χ2n) is 24.7. The van der Waals surface area contributed by atoms with Gasteiger partial charge in [-0.25, -0.2) is 0 Å².